The normalized spacial score (nSPS) is 17.4. The number of rotatable bonds is 4. The van der Waals surface area contributed by atoms with Gasteiger partial charge in [-0.3, -0.25) is 19.9 Å². The van der Waals surface area contributed by atoms with Crippen LogP contribution in [-0.4, -0.2) is 31.2 Å². The van der Waals surface area contributed by atoms with Crippen molar-refractivity contribution < 1.29 is 19.1 Å². The lowest BCUT2D eigenvalue weighted by atomic mass is 10.1. The lowest BCUT2D eigenvalue weighted by Crippen LogP contribution is -2.58. The van der Waals surface area contributed by atoms with Crippen molar-refractivity contribution in [3.63, 3.8) is 0 Å². The Morgan fingerprint density at radius 2 is 1.89 bits per heavy atom. The summed E-state index contributed by atoms with van der Waals surface area (Å²) in [5, 5.41) is 2.62. The van der Waals surface area contributed by atoms with Crippen LogP contribution in [0.25, 0.3) is 0 Å². The van der Waals surface area contributed by atoms with Crippen molar-refractivity contribution in [2.45, 2.75) is 0 Å². The van der Waals surface area contributed by atoms with Gasteiger partial charge in [-0.25, -0.2) is 9.69 Å². The molecular weight excluding hydrogens is 438 g/mol. The van der Waals surface area contributed by atoms with Crippen molar-refractivity contribution in [1.29, 1.82) is 0 Å². The molecule has 0 aliphatic carbocycles. The maximum Gasteiger partial charge on any atom is 0.335 e. The van der Waals surface area contributed by atoms with E-state index in [2.05, 4.69) is 26.2 Å². The first-order valence-corrected chi connectivity index (χ1v) is 8.90. The summed E-state index contributed by atoms with van der Waals surface area (Å²) in [4.78, 5) is 42.1. The number of halogens is 2. The fraction of sp³-hybridized carbons (Fsp3) is 0.111. The van der Waals surface area contributed by atoms with E-state index in [1.165, 1.54) is 25.5 Å². The van der Waals surface area contributed by atoms with Gasteiger partial charge in [0.1, 0.15) is 11.4 Å². The summed E-state index contributed by atoms with van der Waals surface area (Å²) in [7, 11) is 1.49. The summed E-state index contributed by atoms with van der Waals surface area (Å²) < 4.78 is 5.97. The summed E-state index contributed by atoms with van der Waals surface area (Å²) in [6.45, 7) is 0. The van der Waals surface area contributed by atoms with E-state index in [9.17, 15) is 14.4 Å². The number of methoxy groups -OCH3 is 1. The van der Waals surface area contributed by atoms with E-state index in [0.717, 1.165) is 9.37 Å². The minimum absolute atomic E-state index is 0.299. The molecule has 1 aliphatic rings. The highest BCUT2D eigenvalue weighted by Gasteiger charge is 2.40. The first-order valence-electron chi connectivity index (χ1n) is 7.73. The van der Waals surface area contributed by atoms with Crippen LogP contribution in [0.4, 0.5) is 16.2 Å². The molecule has 0 bridgehead atoms. The number of nitrogens with zero attached hydrogens (tertiary/aromatic N) is 2. The third-order valence-electron chi connectivity index (χ3n) is 3.79. The molecule has 1 fully saturated rings. The molecule has 0 saturated carbocycles. The molecule has 0 spiro atoms. The summed E-state index contributed by atoms with van der Waals surface area (Å²) >= 11 is 9.17. The van der Waals surface area contributed by atoms with Gasteiger partial charge in [0.2, 0.25) is 5.91 Å². The molecule has 0 radical (unpaired) electrons. The number of ether oxygens (including phenoxy) is 1. The van der Waals surface area contributed by atoms with Crippen molar-refractivity contribution in [2.24, 2.45) is 10.9 Å². The number of aliphatic imine (C=N–C) groups is 1. The Morgan fingerprint density at radius 3 is 2.56 bits per heavy atom. The highest BCUT2D eigenvalue weighted by Crippen LogP contribution is 2.31. The monoisotopic (exact) mass is 449 g/mol. The fourth-order valence-corrected chi connectivity index (χ4v) is 2.95. The summed E-state index contributed by atoms with van der Waals surface area (Å²) in [6, 6.07) is 10.5. The van der Waals surface area contributed by atoms with Crippen LogP contribution in [0, 0.1) is 5.92 Å². The standard InChI is InChI=1S/C18H13BrClN3O4/c1-27-15-7-2-10(19)8-14(15)21-9-13-16(24)22-18(26)23(17(13)25)12-5-3-11(20)4-6-12/h2-9,13H,1H3,(H,22,24,26)/t13-/m1/s1. The molecule has 138 valence electrons. The zero-order chi connectivity index (χ0) is 19.6. The number of hydrogen-bond acceptors (Lipinski definition) is 5. The summed E-state index contributed by atoms with van der Waals surface area (Å²) in [5.41, 5.74) is 0.732. The van der Waals surface area contributed by atoms with E-state index in [1.54, 1.807) is 30.3 Å². The van der Waals surface area contributed by atoms with E-state index < -0.39 is 23.8 Å². The lowest BCUT2D eigenvalue weighted by molar-refractivity contribution is -0.131. The van der Waals surface area contributed by atoms with Crippen LogP contribution in [-0.2, 0) is 9.59 Å². The molecule has 7 nitrogen and oxygen atoms in total. The number of carbonyl (C=O) groups excluding carboxylic acids is 3. The van der Waals surface area contributed by atoms with Gasteiger partial charge in [-0.15, -0.1) is 0 Å². The maximum absolute atomic E-state index is 12.8. The largest absolute Gasteiger partial charge is 0.494 e. The van der Waals surface area contributed by atoms with Gasteiger partial charge >= 0.3 is 6.03 Å². The minimum atomic E-state index is -1.26. The lowest BCUT2D eigenvalue weighted by Gasteiger charge is -2.28. The average Bonchev–Trinajstić information content (AvgIpc) is 2.63. The van der Waals surface area contributed by atoms with E-state index in [-0.39, 0.29) is 0 Å². The third kappa shape index (κ3) is 4.01. The number of benzene rings is 2. The average molecular weight is 451 g/mol. The number of nitrogens with one attached hydrogen (secondary N) is 1. The van der Waals surface area contributed by atoms with Gasteiger partial charge < -0.3 is 4.74 Å². The molecule has 27 heavy (non-hydrogen) atoms. The van der Waals surface area contributed by atoms with Crippen molar-refractivity contribution in [1.82, 2.24) is 5.32 Å². The van der Waals surface area contributed by atoms with Gasteiger partial charge in [0.05, 0.1) is 12.8 Å². The second-order valence-corrected chi connectivity index (χ2v) is 6.87. The van der Waals surface area contributed by atoms with Crippen molar-refractivity contribution in [3.8, 4) is 5.75 Å². The number of anilines is 1. The molecule has 0 aromatic heterocycles. The van der Waals surface area contributed by atoms with E-state index in [1.807, 2.05) is 0 Å². The molecular formula is C18H13BrClN3O4. The second-order valence-electron chi connectivity index (χ2n) is 5.52. The summed E-state index contributed by atoms with van der Waals surface area (Å²) in [5.74, 6) is -2.23. The number of imide groups is 2. The molecule has 0 unspecified atom stereocenters. The summed E-state index contributed by atoms with van der Waals surface area (Å²) in [6.07, 6.45) is 1.19. The van der Waals surface area contributed by atoms with Gasteiger partial charge in [-0.2, -0.15) is 0 Å². The quantitative estimate of drug-likeness (QED) is 0.568. The highest BCUT2D eigenvalue weighted by atomic mass is 79.9. The maximum atomic E-state index is 12.8. The number of urea groups is 1. The van der Waals surface area contributed by atoms with Crippen LogP contribution in [0.1, 0.15) is 0 Å². The Balaban J connectivity index is 1.92. The molecule has 4 amide bonds. The molecule has 1 heterocycles. The Labute approximate surface area is 168 Å². The zero-order valence-corrected chi connectivity index (χ0v) is 16.3. The second kappa shape index (κ2) is 7.89. The minimum Gasteiger partial charge on any atom is -0.494 e. The van der Waals surface area contributed by atoms with Gasteiger partial charge in [0.25, 0.3) is 5.91 Å². The first-order chi connectivity index (χ1) is 12.9. The van der Waals surface area contributed by atoms with Gasteiger partial charge in [-0.05, 0) is 42.5 Å². The molecule has 1 saturated heterocycles. The first kappa shape index (κ1) is 19.1. The number of barbiturate groups is 1. The smallest absolute Gasteiger partial charge is 0.335 e. The van der Waals surface area contributed by atoms with Crippen LogP contribution in [0.5, 0.6) is 5.75 Å². The molecule has 9 heteroatoms. The zero-order valence-electron chi connectivity index (χ0n) is 14.0. The molecule has 1 atom stereocenters. The van der Waals surface area contributed by atoms with Gasteiger partial charge in [0, 0.05) is 15.7 Å². The Kier molecular flexibility index (Phi) is 5.57. The van der Waals surface area contributed by atoms with Crippen LogP contribution in [0.15, 0.2) is 51.9 Å². The number of amides is 4. The van der Waals surface area contributed by atoms with Crippen LogP contribution >= 0.6 is 27.5 Å². The highest BCUT2D eigenvalue weighted by molar-refractivity contribution is 9.10. The molecule has 1 aliphatic heterocycles. The topological polar surface area (TPSA) is 88.1 Å². The fourth-order valence-electron chi connectivity index (χ4n) is 2.48. The molecule has 3 rings (SSSR count). The van der Waals surface area contributed by atoms with Crippen LogP contribution in [0.2, 0.25) is 5.02 Å². The van der Waals surface area contributed by atoms with Crippen molar-refractivity contribution >= 4 is 63.0 Å². The third-order valence-corrected chi connectivity index (χ3v) is 4.54. The van der Waals surface area contributed by atoms with Crippen molar-refractivity contribution in [3.05, 3.63) is 52.0 Å². The number of carbonyl (C=O) groups is 3. The Bertz CT molecular complexity index is 946. The molecule has 1 N–H and O–H groups in total. The van der Waals surface area contributed by atoms with E-state index in [0.29, 0.717) is 22.1 Å². The van der Waals surface area contributed by atoms with Crippen LogP contribution in [0.3, 0.4) is 0 Å². The van der Waals surface area contributed by atoms with E-state index >= 15 is 0 Å². The Morgan fingerprint density at radius 1 is 1.19 bits per heavy atom. The van der Waals surface area contributed by atoms with Gasteiger partial charge in [-0.1, -0.05) is 27.5 Å². The van der Waals surface area contributed by atoms with Crippen LogP contribution < -0.4 is 15.0 Å². The SMILES string of the molecule is COc1ccc(Br)cc1N=C[C@@H]1C(=O)NC(=O)N(c2ccc(Cl)cc2)C1=O. The Hall–Kier alpha value is -2.71. The molecule has 2 aromatic carbocycles. The van der Waals surface area contributed by atoms with E-state index in [4.69, 9.17) is 16.3 Å². The van der Waals surface area contributed by atoms with Gasteiger partial charge in [0.15, 0.2) is 5.92 Å². The predicted octanol–water partition coefficient (Wildman–Crippen LogP) is 3.71. The predicted molar refractivity (Wildman–Crippen MR) is 105 cm³/mol. The number of hydrogen-bond donors (Lipinski definition) is 1. The van der Waals surface area contributed by atoms with Crippen molar-refractivity contribution in [2.75, 3.05) is 12.0 Å². The molecule has 2 aromatic rings.